The van der Waals surface area contributed by atoms with Gasteiger partial charge in [-0.15, -0.1) is 0 Å². The normalized spacial score (nSPS) is 19.1. The molecule has 0 spiro atoms. The molecule has 2 aromatic rings. The predicted molar refractivity (Wildman–Crippen MR) is 103 cm³/mol. The van der Waals surface area contributed by atoms with Crippen molar-refractivity contribution >= 4 is 29.3 Å². The molecule has 0 amide bonds. The molecule has 1 unspecified atom stereocenters. The molecule has 0 saturated heterocycles. The van der Waals surface area contributed by atoms with Gasteiger partial charge in [-0.2, -0.15) is 0 Å². The zero-order valence-electron chi connectivity index (χ0n) is 14.8. The van der Waals surface area contributed by atoms with Crippen molar-refractivity contribution < 1.29 is 0 Å². The minimum atomic E-state index is 0.0264. The molecule has 0 radical (unpaired) electrons. The Morgan fingerprint density at radius 3 is 2.72 bits per heavy atom. The Bertz CT molecular complexity index is 1070. The van der Waals surface area contributed by atoms with Crippen LogP contribution in [0.15, 0.2) is 34.0 Å². The topological polar surface area (TPSA) is 47.2 Å². The van der Waals surface area contributed by atoms with Gasteiger partial charge in [-0.25, -0.2) is 4.98 Å². The monoisotopic (exact) mass is 333 g/mol. The van der Waals surface area contributed by atoms with Crippen LogP contribution < -0.4 is 16.0 Å². The lowest BCUT2D eigenvalue weighted by atomic mass is 9.91. The van der Waals surface area contributed by atoms with E-state index in [1.54, 1.807) is 17.9 Å². The van der Waals surface area contributed by atoms with Crippen LogP contribution >= 0.6 is 0 Å². The van der Waals surface area contributed by atoms with Crippen molar-refractivity contribution in [1.29, 1.82) is 0 Å². The zero-order chi connectivity index (χ0) is 17.4. The summed E-state index contributed by atoms with van der Waals surface area (Å²) >= 11 is 0. The quantitative estimate of drug-likeness (QED) is 0.865. The molecule has 0 N–H and O–H groups in total. The molecular formula is C21H23N3O. The van der Waals surface area contributed by atoms with Gasteiger partial charge in [0, 0.05) is 30.1 Å². The second-order valence-corrected chi connectivity index (χ2v) is 6.93. The molecule has 25 heavy (non-hydrogen) atoms. The summed E-state index contributed by atoms with van der Waals surface area (Å²) < 4.78 is 1.56. The Labute approximate surface area is 146 Å². The number of nitrogens with zero attached hydrogens (tertiary/aromatic N) is 3. The Hall–Kier alpha value is -2.49. The number of fused-ring (bicyclic) bond motifs is 3. The Kier molecular flexibility index (Phi) is 4.12. The van der Waals surface area contributed by atoms with E-state index in [1.807, 2.05) is 0 Å². The number of aromatic nitrogens is 2. The van der Waals surface area contributed by atoms with Crippen molar-refractivity contribution in [3.8, 4) is 0 Å². The third kappa shape index (κ3) is 2.86. The molecule has 1 aromatic carbocycles. The van der Waals surface area contributed by atoms with E-state index >= 15 is 0 Å². The summed E-state index contributed by atoms with van der Waals surface area (Å²) in [4.78, 5) is 21.7. The third-order valence-electron chi connectivity index (χ3n) is 5.19. The molecule has 4 nitrogen and oxygen atoms in total. The fourth-order valence-electron chi connectivity index (χ4n) is 3.78. The molecule has 2 heterocycles. The van der Waals surface area contributed by atoms with Crippen LogP contribution in [0.1, 0.15) is 38.2 Å². The van der Waals surface area contributed by atoms with E-state index < -0.39 is 0 Å². The predicted octanol–water partition coefficient (Wildman–Crippen LogP) is 2.22. The van der Waals surface area contributed by atoms with E-state index in [2.05, 4.69) is 47.4 Å². The van der Waals surface area contributed by atoms with E-state index in [-0.39, 0.29) is 5.56 Å². The van der Waals surface area contributed by atoms with Gasteiger partial charge in [-0.05, 0) is 49.0 Å². The second kappa shape index (κ2) is 6.43. The van der Waals surface area contributed by atoms with Gasteiger partial charge in [-0.1, -0.05) is 25.2 Å². The number of rotatable bonds is 3. The first kappa shape index (κ1) is 16.0. The molecule has 1 aliphatic heterocycles. The van der Waals surface area contributed by atoms with Gasteiger partial charge in [-0.3, -0.25) is 9.79 Å². The van der Waals surface area contributed by atoms with Gasteiger partial charge in [0.15, 0.2) is 0 Å². The number of allylic oxidation sites excluding steroid dienone is 2. The van der Waals surface area contributed by atoms with E-state index in [1.165, 1.54) is 16.5 Å². The highest BCUT2D eigenvalue weighted by molar-refractivity contribution is 5.80. The Morgan fingerprint density at radius 1 is 1.20 bits per heavy atom. The number of hydrogen-bond donors (Lipinski definition) is 0. The van der Waals surface area contributed by atoms with Gasteiger partial charge in [0.2, 0.25) is 0 Å². The van der Waals surface area contributed by atoms with Crippen molar-refractivity contribution in [2.45, 2.75) is 39.0 Å². The Balaban J connectivity index is 1.85. The molecule has 1 aromatic heterocycles. The Morgan fingerprint density at radius 2 is 2.00 bits per heavy atom. The largest absolute Gasteiger partial charge is 0.302 e. The summed E-state index contributed by atoms with van der Waals surface area (Å²) in [5.74, 6) is 0.396. The van der Waals surface area contributed by atoms with E-state index in [4.69, 9.17) is 0 Å². The van der Waals surface area contributed by atoms with Crippen LogP contribution in [0.5, 0.6) is 0 Å². The summed E-state index contributed by atoms with van der Waals surface area (Å²) in [6.45, 7) is 2.14. The van der Waals surface area contributed by atoms with Gasteiger partial charge >= 0.3 is 0 Å². The summed E-state index contributed by atoms with van der Waals surface area (Å²) in [7, 11) is 1.76. The third-order valence-corrected chi connectivity index (χ3v) is 5.19. The molecule has 0 fully saturated rings. The highest BCUT2D eigenvalue weighted by Crippen LogP contribution is 2.18. The standard InChI is InChI=1S/C21H23N3O/c1-3-16-9-8-14(12-22-16)10-15-11-19-20(23-13-24(2)21(19)25)18-7-5-4-6-17(15)18/h6-7,9,11-14H,3-5,8,10H2,1-2H3. The molecular weight excluding hydrogens is 310 g/mol. The lowest BCUT2D eigenvalue weighted by Gasteiger charge is -2.17. The van der Waals surface area contributed by atoms with Crippen molar-refractivity contribution in [3.05, 3.63) is 50.5 Å². The van der Waals surface area contributed by atoms with Crippen LogP contribution in [0.2, 0.25) is 0 Å². The van der Waals surface area contributed by atoms with Crippen LogP contribution in [0.25, 0.3) is 23.1 Å². The van der Waals surface area contributed by atoms with Crippen LogP contribution in [-0.4, -0.2) is 15.8 Å². The molecule has 2 aliphatic rings. The molecule has 0 bridgehead atoms. The van der Waals surface area contributed by atoms with Gasteiger partial charge < -0.3 is 4.57 Å². The van der Waals surface area contributed by atoms with Crippen LogP contribution in [0, 0.1) is 5.92 Å². The lowest BCUT2D eigenvalue weighted by molar-refractivity contribution is 0.691. The smallest absolute Gasteiger partial charge is 0.260 e. The fourth-order valence-corrected chi connectivity index (χ4v) is 3.78. The minimum Gasteiger partial charge on any atom is -0.302 e. The number of benzene rings is 1. The van der Waals surface area contributed by atoms with Crippen molar-refractivity contribution in [3.63, 3.8) is 0 Å². The second-order valence-electron chi connectivity index (χ2n) is 6.93. The average molecular weight is 333 g/mol. The first-order chi connectivity index (χ1) is 12.2. The maximum atomic E-state index is 12.6. The molecule has 128 valence electrons. The van der Waals surface area contributed by atoms with Gasteiger partial charge in [0.05, 0.1) is 17.2 Å². The molecule has 1 atom stereocenters. The lowest BCUT2D eigenvalue weighted by Crippen LogP contribution is -2.35. The van der Waals surface area contributed by atoms with Gasteiger partial charge in [0.1, 0.15) is 0 Å². The molecule has 1 aliphatic carbocycles. The maximum Gasteiger partial charge on any atom is 0.260 e. The summed E-state index contributed by atoms with van der Waals surface area (Å²) in [6.07, 6.45) is 15.5. The SMILES string of the molecule is CCC1=CCC(Cc2cc3c(=O)n(C)cnc3c3c2=CCCC=3)C=N1. The summed E-state index contributed by atoms with van der Waals surface area (Å²) in [5.41, 5.74) is 3.28. The van der Waals surface area contributed by atoms with Crippen molar-refractivity contribution in [1.82, 2.24) is 9.55 Å². The first-order valence-electron chi connectivity index (χ1n) is 9.08. The number of aryl methyl sites for hydroxylation is 1. The van der Waals surface area contributed by atoms with Crippen LogP contribution in [0.4, 0.5) is 0 Å². The average Bonchev–Trinajstić information content (AvgIpc) is 2.66. The molecule has 4 heteroatoms. The first-order valence-corrected chi connectivity index (χ1v) is 9.08. The fraction of sp³-hybridized carbons (Fsp3) is 0.381. The van der Waals surface area contributed by atoms with Crippen molar-refractivity contribution in [2.75, 3.05) is 0 Å². The zero-order valence-corrected chi connectivity index (χ0v) is 14.8. The summed E-state index contributed by atoms with van der Waals surface area (Å²) in [6, 6.07) is 2.06. The van der Waals surface area contributed by atoms with Crippen molar-refractivity contribution in [2.24, 2.45) is 18.0 Å². The molecule has 0 saturated carbocycles. The van der Waals surface area contributed by atoms with Crippen LogP contribution in [-0.2, 0) is 13.5 Å². The van der Waals surface area contributed by atoms with Gasteiger partial charge in [0.25, 0.3) is 5.56 Å². The van der Waals surface area contributed by atoms with Crippen LogP contribution in [0.3, 0.4) is 0 Å². The highest BCUT2D eigenvalue weighted by Gasteiger charge is 2.15. The maximum absolute atomic E-state index is 12.6. The summed E-state index contributed by atoms with van der Waals surface area (Å²) in [5, 5.41) is 3.12. The highest BCUT2D eigenvalue weighted by atomic mass is 16.1. The number of aliphatic imine (C=N–C) groups is 1. The van der Waals surface area contributed by atoms with E-state index in [0.717, 1.165) is 48.2 Å². The molecule has 4 rings (SSSR count). The minimum absolute atomic E-state index is 0.0264. The van der Waals surface area contributed by atoms with E-state index in [9.17, 15) is 4.79 Å². The van der Waals surface area contributed by atoms with E-state index in [0.29, 0.717) is 5.92 Å². The number of hydrogen-bond acceptors (Lipinski definition) is 3.